The molecule has 6 heteroatoms. The molecule has 1 amide bonds. The topological polar surface area (TPSA) is 52.6 Å². The lowest BCUT2D eigenvalue weighted by molar-refractivity contribution is -0.132. The highest BCUT2D eigenvalue weighted by atomic mass is 16.2. The molecule has 0 spiro atoms. The number of likely N-dealkylation sites (tertiary alicyclic amines) is 1. The number of amides is 1. The number of carbonyl (C=O) groups is 1. The Morgan fingerprint density at radius 3 is 2.65 bits per heavy atom. The molecule has 1 aliphatic carbocycles. The van der Waals surface area contributed by atoms with E-state index in [4.69, 9.17) is 0 Å². The van der Waals surface area contributed by atoms with Crippen molar-refractivity contribution in [2.75, 3.05) is 50.7 Å². The first kappa shape index (κ1) is 14.9. The number of hydrogen-bond acceptors (Lipinski definition) is 5. The van der Waals surface area contributed by atoms with Crippen molar-refractivity contribution in [1.82, 2.24) is 19.8 Å². The largest absolute Gasteiger partial charge is 0.341 e. The molecule has 1 aromatic heterocycles. The average Bonchev–Trinajstić information content (AvgIpc) is 3.17. The van der Waals surface area contributed by atoms with E-state index in [1.165, 1.54) is 12.8 Å². The standard InChI is InChI=1S/C17H25N5O/c1-2-17-10-14(17)11-22(13-17)15(23)12-20-6-8-21(9-7-20)16-18-4-3-5-19-16/h3-5,14H,2,6-13H2,1H3. The molecular weight excluding hydrogens is 290 g/mol. The minimum Gasteiger partial charge on any atom is -0.341 e. The van der Waals surface area contributed by atoms with Gasteiger partial charge in [0.15, 0.2) is 0 Å². The first-order valence-electron chi connectivity index (χ1n) is 8.72. The predicted octanol–water partition coefficient (Wildman–Crippen LogP) is 0.857. The fraction of sp³-hybridized carbons (Fsp3) is 0.706. The van der Waals surface area contributed by atoms with Crippen LogP contribution in [0, 0.1) is 11.3 Å². The monoisotopic (exact) mass is 315 g/mol. The Morgan fingerprint density at radius 1 is 1.26 bits per heavy atom. The molecule has 2 unspecified atom stereocenters. The van der Waals surface area contributed by atoms with Crippen LogP contribution in [0.5, 0.6) is 0 Å². The molecule has 2 aliphatic heterocycles. The van der Waals surface area contributed by atoms with E-state index in [0.29, 0.717) is 17.9 Å². The molecule has 6 nitrogen and oxygen atoms in total. The molecule has 0 N–H and O–H groups in total. The predicted molar refractivity (Wildman–Crippen MR) is 88.1 cm³/mol. The van der Waals surface area contributed by atoms with Crippen LogP contribution in [0.3, 0.4) is 0 Å². The summed E-state index contributed by atoms with van der Waals surface area (Å²) < 4.78 is 0. The lowest BCUT2D eigenvalue weighted by Crippen LogP contribution is -2.50. The van der Waals surface area contributed by atoms with Crippen molar-refractivity contribution in [2.24, 2.45) is 11.3 Å². The van der Waals surface area contributed by atoms with Crippen molar-refractivity contribution in [3.05, 3.63) is 18.5 Å². The maximum absolute atomic E-state index is 12.5. The smallest absolute Gasteiger partial charge is 0.236 e. The van der Waals surface area contributed by atoms with Crippen molar-refractivity contribution in [3.63, 3.8) is 0 Å². The molecule has 2 atom stereocenters. The lowest BCUT2D eigenvalue weighted by atomic mass is 10.0. The molecule has 2 saturated heterocycles. The molecule has 4 rings (SSSR count). The molecular formula is C17H25N5O. The molecule has 1 aromatic rings. The van der Waals surface area contributed by atoms with Crippen molar-refractivity contribution in [1.29, 1.82) is 0 Å². The Balaban J connectivity index is 1.26. The zero-order valence-corrected chi connectivity index (χ0v) is 13.8. The van der Waals surface area contributed by atoms with Gasteiger partial charge in [-0.25, -0.2) is 9.97 Å². The molecule has 3 heterocycles. The molecule has 1 saturated carbocycles. The van der Waals surface area contributed by atoms with Crippen LogP contribution in [0.2, 0.25) is 0 Å². The summed E-state index contributed by atoms with van der Waals surface area (Å²) in [4.78, 5) is 27.7. The van der Waals surface area contributed by atoms with Crippen LogP contribution < -0.4 is 4.90 Å². The number of hydrogen-bond donors (Lipinski definition) is 0. The van der Waals surface area contributed by atoms with Crippen LogP contribution in [0.25, 0.3) is 0 Å². The second-order valence-corrected chi connectivity index (χ2v) is 7.20. The molecule has 0 bridgehead atoms. The number of fused-ring (bicyclic) bond motifs is 1. The third kappa shape index (κ3) is 2.80. The van der Waals surface area contributed by atoms with E-state index in [0.717, 1.165) is 51.1 Å². The molecule has 23 heavy (non-hydrogen) atoms. The Bertz CT molecular complexity index is 568. The SMILES string of the molecule is CCC12CC1CN(C(=O)CN1CCN(c3ncccn3)CC1)C2. The fourth-order valence-corrected chi connectivity index (χ4v) is 4.18. The van der Waals surface area contributed by atoms with E-state index in [1.54, 1.807) is 12.4 Å². The summed E-state index contributed by atoms with van der Waals surface area (Å²) in [6, 6.07) is 1.84. The summed E-state index contributed by atoms with van der Waals surface area (Å²) in [5.74, 6) is 1.89. The Kier molecular flexibility index (Phi) is 3.71. The third-order valence-corrected chi connectivity index (χ3v) is 5.93. The van der Waals surface area contributed by atoms with Gasteiger partial charge in [0.05, 0.1) is 6.54 Å². The minimum absolute atomic E-state index is 0.314. The Morgan fingerprint density at radius 2 is 2.00 bits per heavy atom. The van der Waals surface area contributed by atoms with Crippen LogP contribution in [-0.4, -0.2) is 71.5 Å². The number of nitrogens with zero attached hydrogens (tertiary/aromatic N) is 5. The van der Waals surface area contributed by atoms with Crippen LogP contribution in [-0.2, 0) is 4.79 Å². The highest BCUT2D eigenvalue weighted by molar-refractivity contribution is 5.79. The molecule has 3 aliphatic rings. The van der Waals surface area contributed by atoms with Gasteiger partial charge in [-0.1, -0.05) is 6.92 Å². The van der Waals surface area contributed by atoms with Gasteiger partial charge in [0, 0.05) is 51.7 Å². The van der Waals surface area contributed by atoms with E-state index in [9.17, 15) is 4.79 Å². The summed E-state index contributed by atoms with van der Waals surface area (Å²) in [5.41, 5.74) is 0.485. The first-order chi connectivity index (χ1) is 11.2. The first-order valence-corrected chi connectivity index (χ1v) is 8.72. The van der Waals surface area contributed by atoms with Gasteiger partial charge in [0.2, 0.25) is 11.9 Å². The maximum atomic E-state index is 12.5. The van der Waals surface area contributed by atoms with Gasteiger partial charge in [-0.15, -0.1) is 0 Å². The number of piperazine rings is 1. The highest BCUT2D eigenvalue weighted by Crippen LogP contribution is 2.59. The Labute approximate surface area is 137 Å². The van der Waals surface area contributed by atoms with Crippen LogP contribution in [0.4, 0.5) is 5.95 Å². The van der Waals surface area contributed by atoms with E-state index in [-0.39, 0.29) is 0 Å². The van der Waals surface area contributed by atoms with Gasteiger partial charge in [-0.3, -0.25) is 9.69 Å². The fourth-order valence-electron chi connectivity index (χ4n) is 4.18. The number of anilines is 1. The number of piperidine rings is 1. The number of carbonyl (C=O) groups excluding carboxylic acids is 1. The second kappa shape index (κ2) is 5.74. The van der Waals surface area contributed by atoms with Gasteiger partial charge in [-0.2, -0.15) is 0 Å². The van der Waals surface area contributed by atoms with E-state index in [1.807, 2.05) is 6.07 Å². The van der Waals surface area contributed by atoms with Gasteiger partial charge in [0.25, 0.3) is 0 Å². The number of rotatable bonds is 4. The number of aromatic nitrogens is 2. The zero-order valence-electron chi connectivity index (χ0n) is 13.8. The van der Waals surface area contributed by atoms with Crippen molar-refractivity contribution >= 4 is 11.9 Å². The average molecular weight is 315 g/mol. The zero-order chi connectivity index (χ0) is 15.9. The van der Waals surface area contributed by atoms with Gasteiger partial charge < -0.3 is 9.80 Å². The van der Waals surface area contributed by atoms with E-state index < -0.39 is 0 Å². The van der Waals surface area contributed by atoms with Crippen molar-refractivity contribution < 1.29 is 4.79 Å². The van der Waals surface area contributed by atoms with Gasteiger partial charge >= 0.3 is 0 Å². The van der Waals surface area contributed by atoms with Gasteiger partial charge in [-0.05, 0) is 30.2 Å². The Hall–Kier alpha value is -1.69. The van der Waals surface area contributed by atoms with Crippen LogP contribution in [0.15, 0.2) is 18.5 Å². The summed E-state index contributed by atoms with van der Waals surface area (Å²) >= 11 is 0. The maximum Gasteiger partial charge on any atom is 0.236 e. The highest BCUT2D eigenvalue weighted by Gasteiger charge is 2.59. The van der Waals surface area contributed by atoms with Crippen LogP contribution in [0.1, 0.15) is 19.8 Å². The summed E-state index contributed by atoms with van der Waals surface area (Å²) in [5, 5.41) is 0. The molecule has 3 fully saturated rings. The van der Waals surface area contributed by atoms with Gasteiger partial charge in [0.1, 0.15) is 0 Å². The van der Waals surface area contributed by atoms with E-state index in [2.05, 4.69) is 31.6 Å². The quantitative estimate of drug-likeness (QED) is 0.825. The summed E-state index contributed by atoms with van der Waals surface area (Å²) in [6.07, 6.45) is 6.11. The second-order valence-electron chi connectivity index (χ2n) is 7.20. The molecule has 0 radical (unpaired) electrons. The third-order valence-electron chi connectivity index (χ3n) is 5.93. The summed E-state index contributed by atoms with van der Waals surface area (Å²) in [7, 11) is 0. The molecule has 0 aromatic carbocycles. The lowest BCUT2D eigenvalue weighted by Gasteiger charge is -2.35. The molecule has 124 valence electrons. The van der Waals surface area contributed by atoms with Crippen molar-refractivity contribution in [2.45, 2.75) is 19.8 Å². The normalized spacial score (nSPS) is 30.4. The van der Waals surface area contributed by atoms with Crippen molar-refractivity contribution in [3.8, 4) is 0 Å². The minimum atomic E-state index is 0.314. The summed E-state index contributed by atoms with van der Waals surface area (Å²) in [6.45, 7) is 8.39. The van der Waals surface area contributed by atoms with E-state index >= 15 is 0 Å². The van der Waals surface area contributed by atoms with Crippen LogP contribution >= 0.6 is 0 Å².